The summed E-state index contributed by atoms with van der Waals surface area (Å²) in [5.41, 5.74) is 2.94. The number of carbonyl (C=O) groups is 1. The maximum absolute atomic E-state index is 12.2. The van der Waals surface area contributed by atoms with Crippen molar-refractivity contribution in [2.24, 2.45) is 7.05 Å². The van der Waals surface area contributed by atoms with Gasteiger partial charge in [0.25, 0.3) is 5.91 Å². The lowest BCUT2D eigenvalue weighted by molar-refractivity contribution is 0.0940. The molecule has 4 heteroatoms. The van der Waals surface area contributed by atoms with Crippen molar-refractivity contribution in [2.75, 3.05) is 6.54 Å². The van der Waals surface area contributed by atoms with Crippen molar-refractivity contribution in [3.8, 4) is 0 Å². The van der Waals surface area contributed by atoms with Crippen molar-refractivity contribution in [1.82, 2.24) is 15.1 Å². The maximum atomic E-state index is 12.2. The number of rotatable bonds is 4. The molecule has 1 aromatic carbocycles. The topological polar surface area (TPSA) is 46.9 Å². The van der Waals surface area contributed by atoms with E-state index in [1.807, 2.05) is 19.1 Å². The van der Waals surface area contributed by atoms with E-state index in [2.05, 4.69) is 34.7 Å². The van der Waals surface area contributed by atoms with E-state index in [4.69, 9.17) is 0 Å². The number of aromatic nitrogens is 2. The van der Waals surface area contributed by atoms with Crippen LogP contribution < -0.4 is 5.32 Å². The normalized spacial score (nSPS) is 15.9. The molecule has 0 spiro atoms. The zero-order valence-corrected chi connectivity index (χ0v) is 11.9. The smallest absolute Gasteiger partial charge is 0.269 e. The molecular formula is C16H19N3O. The molecule has 1 amide bonds. The van der Waals surface area contributed by atoms with Gasteiger partial charge in [-0.1, -0.05) is 30.3 Å². The van der Waals surface area contributed by atoms with E-state index in [1.54, 1.807) is 11.7 Å². The number of benzene rings is 1. The van der Waals surface area contributed by atoms with Crippen LogP contribution in [0.4, 0.5) is 0 Å². The van der Waals surface area contributed by atoms with Crippen LogP contribution in [0.1, 0.15) is 34.6 Å². The second-order valence-corrected chi connectivity index (χ2v) is 5.62. The third-order valence-electron chi connectivity index (χ3n) is 4.06. The number of hydrogen-bond donors (Lipinski definition) is 1. The molecule has 1 aliphatic rings. The predicted octanol–water partition coefficient (Wildman–Crippen LogP) is 2.19. The predicted molar refractivity (Wildman–Crippen MR) is 77.6 cm³/mol. The molecule has 0 aliphatic heterocycles. The first-order valence-corrected chi connectivity index (χ1v) is 6.95. The van der Waals surface area contributed by atoms with Crippen LogP contribution in [-0.4, -0.2) is 22.2 Å². The summed E-state index contributed by atoms with van der Waals surface area (Å²) in [4.78, 5) is 12.2. The van der Waals surface area contributed by atoms with Gasteiger partial charge in [-0.3, -0.25) is 9.48 Å². The van der Waals surface area contributed by atoms with Gasteiger partial charge in [-0.2, -0.15) is 5.10 Å². The summed E-state index contributed by atoms with van der Waals surface area (Å²) in [6, 6.07) is 12.2. The van der Waals surface area contributed by atoms with Gasteiger partial charge >= 0.3 is 0 Å². The quantitative estimate of drug-likeness (QED) is 0.925. The van der Waals surface area contributed by atoms with E-state index in [1.165, 1.54) is 5.56 Å². The fourth-order valence-corrected chi connectivity index (χ4v) is 2.67. The molecule has 0 unspecified atom stereocenters. The van der Waals surface area contributed by atoms with Gasteiger partial charge in [-0.05, 0) is 31.4 Å². The first-order chi connectivity index (χ1) is 9.61. The van der Waals surface area contributed by atoms with Gasteiger partial charge in [0.2, 0.25) is 0 Å². The molecule has 1 aromatic heterocycles. The standard InChI is InChI=1S/C16H19N3O/c1-12-10-14(19(2)18-12)15(20)17-11-16(8-9-16)13-6-4-3-5-7-13/h3-7,10H,8-9,11H2,1-2H3,(H,17,20). The number of carbonyl (C=O) groups excluding carboxylic acids is 1. The van der Waals surface area contributed by atoms with Crippen molar-refractivity contribution >= 4 is 5.91 Å². The summed E-state index contributed by atoms with van der Waals surface area (Å²) >= 11 is 0. The Morgan fingerprint density at radius 2 is 2.05 bits per heavy atom. The highest BCUT2D eigenvalue weighted by Crippen LogP contribution is 2.47. The summed E-state index contributed by atoms with van der Waals surface area (Å²) < 4.78 is 1.63. The van der Waals surface area contributed by atoms with Crippen molar-refractivity contribution in [3.63, 3.8) is 0 Å². The Labute approximate surface area is 118 Å². The average Bonchev–Trinajstić information content (AvgIpc) is 3.17. The minimum Gasteiger partial charge on any atom is -0.350 e. The first kappa shape index (κ1) is 12.9. The van der Waals surface area contributed by atoms with Crippen LogP contribution in [0.15, 0.2) is 36.4 Å². The maximum Gasteiger partial charge on any atom is 0.269 e. The fourth-order valence-electron chi connectivity index (χ4n) is 2.67. The SMILES string of the molecule is Cc1cc(C(=O)NCC2(c3ccccc3)CC2)n(C)n1. The summed E-state index contributed by atoms with van der Waals surface area (Å²) in [7, 11) is 1.80. The molecule has 104 valence electrons. The van der Waals surface area contributed by atoms with Crippen LogP contribution in [0.2, 0.25) is 0 Å². The van der Waals surface area contributed by atoms with Crippen molar-refractivity contribution in [3.05, 3.63) is 53.3 Å². The highest BCUT2D eigenvalue weighted by atomic mass is 16.2. The van der Waals surface area contributed by atoms with Crippen LogP contribution >= 0.6 is 0 Å². The molecule has 20 heavy (non-hydrogen) atoms. The van der Waals surface area contributed by atoms with Gasteiger partial charge in [0.05, 0.1) is 5.69 Å². The minimum atomic E-state index is -0.0460. The Balaban J connectivity index is 1.68. The molecule has 2 aromatic rings. The molecule has 0 radical (unpaired) electrons. The zero-order chi connectivity index (χ0) is 14.2. The molecule has 0 atom stereocenters. The van der Waals surface area contributed by atoms with Gasteiger partial charge < -0.3 is 5.32 Å². The Morgan fingerprint density at radius 1 is 1.35 bits per heavy atom. The van der Waals surface area contributed by atoms with Gasteiger partial charge in [0.15, 0.2) is 0 Å². The molecular weight excluding hydrogens is 250 g/mol. The lowest BCUT2D eigenvalue weighted by Gasteiger charge is -2.16. The Morgan fingerprint density at radius 3 is 2.60 bits per heavy atom. The molecule has 1 aliphatic carbocycles. The van der Waals surface area contributed by atoms with E-state index < -0.39 is 0 Å². The fraction of sp³-hybridized carbons (Fsp3) is 0.375. The zero-order valence-electron chi connectivity index (χ0n) is 11.9. The van der Waals surface area contributed by atoms with E-state index in [0.29, 0.717) is 12.2 Å². The van der Waals surface area contributed by atoms with Crippen molar-refractivity contribution in [2.45, 2.75) is 25.2 Å². The molecule has 1 fully saturated rings. The lowest BCUT2D eigenvalue weighted by Crippen LogP contribution is -2.33. The molecule has 1 N–H and O–H groups in total. The highest BCUT2D eigenvalue weighted by molar-refractivity contribution is 5.92. The van der Waals surface area contributed by atoms with Crippen LogP contribution in [0.25, 0.3) is 0 Å². The summed E-state index contributed by atoms with van der Waals surface area (Å²) in [5.74, 6) is -0.0460. The van der Waals surface area contributed by atoms with Crippen LogP contribution in [0.3, 0.4) is 0 Å². The largest absolute Gasteiger partial charge is 0.350 e. The summed E-state index contributed by atoms with van der Waals surface area (Å²) in [6.45, 7) is 2.59. The van der Waals surface area contributed by atoms with Gasteiger partial charge in [0, 0.05) is 19.0 Å². The molecule has 4 nitrogen and oxygen atoms in total. The van der Waals surface area contributed by atoms with Crippen molar-refractivity contribution < 1.29 is 4.79 Å². The van der Waals surface area contributed by atoms with E-state index in [-0.39, 0.29) is 11.3 Å². The van der Waals surface area contributed by atoms with Crippen LogP contribution in [0, 0.1) is 6.92 Å². The number of amides is 1. The summed E-state index contributed by atoms with van der Waals surface area (Å²) in [6.07, 6.45) is 2.28. The third kappa shape index (κ3) is 2.33. The molecule has 3 rings (SSSR count). The Kier molecular flexibility index (Phi) is 3.08. The second kappa shape index (κ2) is 4.78. The Hall–Kier alpha value is -2.10. The minimum absolute atomic E-state index is 0.0460. The van der Waals surface area contributed by atoms with Crippen LogP contribution in [0.5, 0.6) is 0 Å². The van der Waals surface area contributed by atoms with E-state index in [0.717, 1.165) is 18.5 Å². The van der Waals surface area contributed by atoms with Crippen LogP contribution in [-0.2, 0) is 12.5 Å². The molecule has 0 saturated heterocycles. The molecule has 1 saturated carbocycles. The number of nitrogens with one attached hydrogen (secondary N) is 1. The number of nitrogens with zero attached hydrogens (tertiary/aromatic N) is 2. The first-order valence-electron chi connectivity index (χ1n) is 6.95. The highest BCUT2D eigenvalue weighted by Gasteiger charge is 2.44. The second-order valence-electron chi connectivity index (χ2n) is 5.62. The lowest BCUT2D eigenvalue weighted by atomic mass is 9.96. The monoisotopic (exact) mass is 269 g/mol. The van der Waals surface area contributed by atoms with Gasteiger partial charge in [-0.15, -0.1) is 0 Å². The number of hydrogen-bond acceptors (Lipinski definition) is 2. The van der Waals surface area contributed by atoms with Crippen molar-refractivity contribution in [1.29, 1.82) is 0 Å². The van der Waals surface area contributed by atoms with E-state index in [9.17, 15) is 4.79 Å². The van der Waals surface area contributed by atoms with Gasteiger partial charge in [0.1, 0.15) is 5.69 Å². The van der Waals surface area contributed by atoms with Gasteiger partial charge in [-0.25, -0.2) is 0 Å². The molecule has 0 bridgehead atoms. The molecule has 1 heterocycles. The number of aryl methyl sites for hydroxylation is 2. The van der Waals surface area contributed by atoms with E-state index >= 15 is 0 Å². The Bertz CT molecular complexity index is 626. The third-order valence-corrected chi connectivity index (χ3v) is 4.06. The average molecular weight is 269 g/mol. The summed E-state index contributed by atoms with van der Waals surface area (Å²) in [5, 5.41) is 7.26.